The van der Waals surface area contributed by atoms with Crippen LogP contribution in [0.2, 0.25) is 0 Å². The van der Waals surface area contributed by atoms with Gasteiger partial charge in [0.2, 0.25) is 5.91 Å². The van der Waals surface area contributed by atoms with Gasteiger partial charge in [-0.3, -0.25) is 28.8 Å². The minimum Gasteiger partial charge on any atom is -0.481 e. The molecule has 0 bridgehead atoms. The first-order chi connectivity index (χ1) is 19.4. The number of carboxylic acids is 1. The summed E-state index contributed by atoms with van der Waals surface area (Å²) >= 11 is 0. The predicted molar refractivity (Wildman–Crippen MR) is 148 cm³/mol. The zero-order chi connectivity index (χ0) is 30.9. The Balaban J connectivity index is 3.01. The first-order valence-corrected chi connectivity index (χ1v) is 13.5. The van der Waals surface area contributed by atoms with Crippen molar-refractivity contribution in [3.8, 4) is 0 Å². The number of amides is 1. The van der Waals surface area contributed by atoms with E-state index in [0.29, 0.717) is 6.42 Å². The number of methoxy groups -OCH3 is 1. The molecule has 1 aromatic heterocycles. The van der Waals surface area contributed by atoms with Crippen molar-refractivity contribution in [3.05, 3.63) is 46.4 Å². The molecule has 0 unspecified atom stereocenters. The Labute approximate surface area is 239 Å². The summed E-state index contributed by atoms with van der Waals surface area (Å²) in [7, 11) is 1.25. The van der Waals surface area contributed by atoms with Crippen LogP contribution in [0, 0.1) is 11.8 Å². The average Bonchev–Trinajstić information content (AvgIpc) is 2.90. The van der Waals surface area contributed by atoms with Gasteiger partial charge in [-0.05, 0) is 38.2 Å². The number of ether oxygens (including phenoxy) is 2. The number of hydrogen-bond donors (Lipinski definition) is 2. The van der Waals surface area contributed by atoms with E-state index in [1.54, 1.807) is 6.92 Å². The average molecular weight is 577 g/mol. The monoisotopic (exact) mass is 576 g/mol. The maximum Gasteiger partial charge on any atom is 0.330 e. The number of allylic oxidation sites excluding steroid dienone is 1. The highest BCUT2D eigenvalue weighted by molar-refractivity contribution is 5.91. The molecule has 41 heavy (non-hydrogen) atoms. The number of aliphatic carboxylic acids is 1. The SMILES string of the molecule is CCOC(=O)/C=C/CC[C@H](NC(=O)CCC(=O)O)C(=O)Cc1cccn(CC(=O)C[C@@H](CC(C)C)C(=O)OC)c1=O. The lowest BCUT2D eigenvalue weighted by molar-refractivity contribution is -0.148. The summed E-state index contributed by atoms with van der Waals surface area (Å²) in [5, 5.41) is 11.3. The molecule has 2 atom stereocenters. The third-order valence-electron chi connectivity index (χ3n) is 6.03. The molecule has 0 saturated heterocycles. The smallest absolute Gasteiger partial charge is 0.330 e. The molecule has 0 spiro atoms. The zero-order valence-corrected chi connectivity index (χ0v) is 24.1. The van der Waals surface area contributed by atoms with Gasteiger partial charge < -0.3 is 24.5 Å². The quantitative estimate of drug-likeness (QED) is 0.183. The van der Waals surface area contributed by atoms with Crippen molar-refractivity contribution in [1.29, 1.82) is 0 Å². The topological polar surface area (TPSA) is 175 Å². The molecular weight excluding hydrogens is 536 g/mol. The predicted octanol–water partition coefficient (Wildman–Crippen LogP) is 2.00. The fourth-order valence-electron chi connectivity index (χ4n) is 4.12. The van der Waals surface area contributed by atoms with Gasteiger partial charge >= 0.3 is 17.9 Å². The minimum atomic E-state index is -1.16. The summed E-state index contributed by atoms with van der Waals surface area (Å²) in [5.41, 5.74) is -0.463. The van der Waals surface area contributed by atoms with E-state index in [9.17, 15) is 33.6 Å². The molecule has 0 radical (unpaired) electrons. The summed E-state index contributed by atoms with van der Waals surface area (Å²) in [5.74, 6) is -4.17. The van der Waals surface area contributed by atoms with Crippen molar-refractivity contribution in [3.63, 3.8) is 0 Å². The molecule has 0 saturated carbocycles. The standard InChI is InChI=1S/C29H40N2O10/c1-5-41-27(37)11-7-6-10-23(30-25(34)12-13-26(35)36)24(33)17-20-9-8-14-31(28(20)38)18-22(32)16-21(15-19(2)3)29(39)40-4/h7-9,11,14,19,21,23H,5-6,10,12-13,15-18H2,1-4H3,(H,30,34)(H,35,36)/b11-7+/t21-,23+/m1/s1. The van der Waals surface area contributed by atoms with Crippen LogP contribution in [0.15, 0.2) is 35.3 Å². The van der Waals surface area contributed by atoms with Crippen molar-refractivity contribution in [2.75, 3.05) is 13.7 Å². The number of carbonyl (C=O) groups is 6. The molecule has 1 rings (SSSR count). The fraction of sp³-hybridized carbons (Fsp3) is 0.552. The molecule has 1 heterocycles. The van der Waals surface area contributed by atoms with Crippen molar-refractivity contribution >= 4 is 35.4 Å². The summed E-state index contributed by atoms with van der Waals surface area (Å²) in [6.07, 6.45) is 3.69. The van der Waals surface area contributed by atoms with Crippen molar-refractivity contribution in [2.24, 2.45) is 11.8 Å². The maximum absolute atomic E-state index is 13.1. The minimum absolute atomic E-state index is 0.0930. The number of rotatable bonds is 19. The number of hydrogen-bond acceptors (Lipinski definition) is 9. The molecule has 2 N–H and O–H groups in total. The Kier molecular flexibility index (Phi) is 15.6. The Hall–Kier alpha value is -4.09. The number of carbonyl (C=O) groups excluding carboxylic acids is 5. The van der Waals surface area contributed by atoms with Crippen LogP contribution in [0.1, 0.15) is 64.9 Å². The molecule has 0 aliphatic rings. The third-order valence-corrected chi connectivity index (χ3v) is 6.03. The van der Waals surface area contributed by atoms with E-state index in [4.69, 9.17) is 14.6 Å². The molecule has 12 nitrogen and oxygen atoms in total. The number of nitrogens with one attached hydrogen (secondary N) is 1. The number of pyridine rings is 1. The summed E-state index contributed by atoms with van der Waals surface area (Å²) in [6.45, 7) is 5.41. The summed E-state index contributed by atoms with van der Waals surface area (Å²) in [4.78, 5) is 85.6. The van der Waals surface area contributed by atoms with E-state index < -0.39 is 53.5 Å². The van der Waals surface area contributed by atoms with Gasteiger partial charge in [-0.2, -0.15) is 0 Å². The van der Waals surface area contributed by atoms with Crippen LogP contribution in [0.3, 0.4) is 0 Å². The van der Waals surface area contributed by atoms with Crippen LogP contribution >= 0.6 is 0 Å². The number of aromatic nitrogens is 1. The lowest BCUT2D eigenvalue weighted by atomic mass is 9.92. The van der Waals surface area contributed by atoms with Crippen LogP contribution in [0.4, 0.5) is 0 Å². The van der Waals surface area contributed by atoms with Crippen LogP contribution in [0.25, 0.3) is 0 Å². The second-order valence-corrected chi connectivity index (χ2v) is 9.95. The zero-order valence-electron chi connectivity index (χ0n) is 24.1. The maximum atomic E-state index is 13.1. The number of ketones is 2. The lowest BCUT2D eigenvalue weighted by Gasteiger charge is -2.18. The molecule has 0 fully saturated rings. The Bertz CT molecular complexity index is 1170. The molecule has 0 aromatic carbocycles. The number of esters is 2. The van der Waals surface area contributed by atoms with E-state index in [1.807, 2.05) is 13.8 Å². The number of nitrogens with zero attached hydrogens (tertiary/aromatic N) is 1. The van der Waals surface area contributed by atoms with Gasteiger partial charge in [0.1, 0.15) is 0 Å². The van der Waals surface area contributed by atoms with Crippen LogP contribution in [-0.2, 0) is 51.2 Å². The molecule has 0 aliphatic carbocycles. The highest BCUT2D eigenvalue weighted by Gasteiger charge is 2.25. The molecule has 1 aromatic rings. The van der Waals surface area contributed by atoms with Crippen LogP contribution in [0.5, 0.6) is 0 Å². The van der Waals surface area contributed by atoms with Gasteiger partial charge in [0.15, 0.2) is 11.6 Å². The van der Waals surface area contributed by atoms with E-state index in [1.165, 1.54) is 37.6 Å². The fourth-order valence-corrected chi connectivity index (χ4v) is 4.12. The first-order valence-electron chi connectivity index (χ1n) is 13.5. The number of Topliss-reactive ketones (excluding diaryl/α,β-unsaturated/α-hetero) is 2. The van der Waals surface area contributed by atoms with E-state index in [-0.39, 0.29) is 62.5 Å². The Morgan fingerprint density at radius 3 is 2.44 bits per heavy atom. The highest BCUT2D eigenvalue weighted by atomic mass is 16.5. The van der Waals surface area contributed by atoms with Crippen LogP contribution in [-0.4, -0.2) is 64.8 Å². The van der Waals surface area contributed by atoms with Crippen LogP contribution < -0.4 is 10.9 Å². The highest BCUT2D eigenvalue weighted by Crippen LogP contribution is 2.18. The molecule has 0 aliphatic heterocycles. The summed E-state index contributed by atoms with van der Waals surface area (Å²) < 4.78 is 10.8. The Morgan fingerprint density at radius 1 is 1.12 bits per heavy atom. The number of carboxylic acid groups (broad SMARTS) is 1. The summed E-state index contributed by atoms with van der Waals surface area (Å²) in [6, 6.07) is 1.92. The van der Waals surface area contributed by atoms with E-state index in [2.05, 4.69) is 5.32 Å². The van der Waals surface area contributed by atoms with Crippen molar-refractivity contribution in [1.82, 2.24) is 9.88 Å². The first kappa shape index (κ1) is 34.9. The second-order valence-electron chi connectivity index (χ2n) is 9.95. The lowest BCUT2D eigenvalue weighted by Crippen LogP contribution is -2.42. The van der Waals surface area contributed by atoms with Crippen molar-refractivity contribution in [2.45, 2.75) is 78.3 Å². The van der Waals surface area contributed by atoms with E-state index >= 15 is 0 Å². The van der Waals surface area contributed by atoms with E-state index in [0.717, 1.165) is 4.57 Å². The molecule has 1 amide bonds. The largest absolute Gasteiger partial charge is 0.481 e. The van der Waals surface area contributed by atoms with Gasteiger partial charge in [-0.25, -0.2) is 4.79 Å². The normalized spacial score (nSPS) is 12.5. The van der Waals surface area contributed by atoms with Gasteiger partial charge in [-0.15, -0.1) is 0 Å². The van der Waals surface area contributed by atoms with Gasteiger partial charge in [0.05, 0.1) is 38.6 Å². The van der Waals surface area contributed by atoms with Crippen molar-refractivity contribution < 1.29 is 43.3 Å². The Morgan fingerprint density at radius 2 is 1.83 bits per heavy atom. The molecule has 226 valence electrons. The van der Waals surface area contributed by atoms with Gasteiger partial charge in [0.25, 0.3) is 5.56 Å². The molecule has 12 heteroatoms. The van der Waals surface area contributed by atoms with Gasteiger partial charge in [-0.1, -0.05) is 26.0 Å². The second kappa shape index (κ2) is 18.3. The molecular formula is C29H40N2O10. The third kappa shape index (κ3) is 13.7. The van der Waals surface area contributed by atoms with Gasteiger partial charge in [0, 0.05) is 37.1 Å².